The Morgan fingerprint density at radius 2 is 2.08 bits per heavy atom. The Morgan fingerprint density at radius 1 is 1.46 bits per heavy atom. The highest BCUT2D eigenvalue weighted by Gasteiger charge is 2.49. The molecular formula is C16H26N2O4S2. The Bertz CT molecular complexity index is 708. The Hall–Kier alpha value is -0.990. The second-order valence-electron chi connectivity index (χ2n) is 6.48. The summed E-state index contributed by atoms with van der Waals surface area (Å²) in [5.74, 6) is -0.605. The summed E-state index contributed by atoms with van der Waals surface area (Å²) in [7, 11) is -0.693. The van der Waals surface area contributed by atoms with Crippen molar-refractivity contribution in [2.24, 2.45) is 5.41 Å². The van der Waals surface area contributed by atoms with Crippen LogP contribution in [0.1, 0.15) is 54.7 Å². The fourth-order valence-electron chi connectivity index (χ4n) is 3.09. The largest absolute Gasteiger partial charge is 0.469 e. The SMILES string of the molecule is CCc1nc(C)c([C@H](C)N(C)S(=O)(=O)CC2(C(=O)OC)CCC2)s1. The third kappa shape index (κ3) is 3.50. The first kappa shape index (κ1) is 19.3. The van der Waals surface area contributed by atoms with Crippen LogP contribution in [0.5, 0.6) is 0 Å². The van der Waals surface area contributed by atoms with Gasteiger partial charge in [-0.2, -0.15) is 4.31 Å². The quantitative estimate of drug-likeness (QED) is 0.686. The van der Waals surface area contributed by atoms with Crippen molar-refractivity contribution < 1.29 is 17.9 Å². The number of rotatable bonds is 7. The molecular weight excluding hydrogens is 348 g/mol. The number of methoxy groups -OCH3 is 1. The number of aromatic nitrogens is 1. The molecule has 1 heterocycles. The third-order valence-corrected chi connectivity index (χ3v) is 8.51. The van der Waals surface area contributed by atoms with Crippen molar-refractivity contribution in [3.63, 3.8) is 0 Å². The van der Waals surface area contributed by atoms with E-state index in [4.69, 9.17) is 4.74 Å². The summed E-state index contributed by atoms with van der Waals surface area (Å²) in [6, 6.07) is -0.303. The number of nitrogens with zero attached hydrogens (tertiary/aromatic N) is 2. The number of thiazole rings is 1. The molecule has 0 unspecified atom stereocenters. The predicted octanol–water partition coefficient (Wildman–Crippen LogP) is 2.68. The summed E-state index contributed by atoms with van der Waals surface area (Å²) >= 11 is 1.55. The van der Waals surface area contributed by atoms with Gasteiger partial charge in [-0.15, -0.1) is 11.3 Å². The van der Waals surface area contributed by atoms with E-state index in [9.17, 15) is 13.2 Å². The molecule has 1 saturated carbocycles. The van der Waals surface area contributed by atoms with Crippen LogP contribution in [0.4, 0.5) is 0 Å². The highest BCUT2D eigenvalue weighted by molar-refractivity contribution is 7.89. The summed E-state index contributed by atoms with van der Waals surface area (Å²) in [4.78, 5) is 17.5. The van der Waals surface area contributed by atoms with Gasteiger partial charge >= 0.3 is 5.97 Å². The molecule has 0 spiro atoms. The predicted molar refractivity (Wildman–Crippen MR) is 94.5 cm³/mol. The van der Waals surface area contributed by atoms with Crippen LogP contribution in [0.15, 0.2) is 0 Å². The summed E-state index contributed by atoms with van der Waals surface area (Å²) < 4.78 is 31.9. The minimum atomic E-state index is -3.58. The van der Waals surface area contributed by atoms with Crippen molar-refractivity contribution in [2.45, 2.75) is 52.5 Å². The first-order valence-corrected chi connectivity index (χ1v) is 10.6. The van der Waals surface area contributed by atoms with Crippen molar-refractivity contribution in [1.82, 2.24) is 9.29 Å². The molecule has 0 aromatic carbocycles. The van der Waals surface area contributed by atoms with Crippen molar-refractivity contribution in [3.05, 3.63) is 15.6 Å². The van der Waals surface area contributed by atoms with Crippen LogP contribution < -0.4 is 0 Å². The van der Waals surface area contributed by atoms with Gasteiger partial charge in [0.1, 0.15) is 0 Å². The molecule has 0 aliphatic heterocycles. The van der Waals surface area contributed by atoms with Crippen LogP contribution in [-0.2, 0) is 26.0 Å². The Kier molecular flexibility index (Phi) is 5.71. The van der Waals surface area contributed by atoms with E-state index in [1.807, 2.05) is 20.8 Å². The second-order valence-corrected chi connectivity index (χ2v) is 9.63. The van der Waals surface area contributed by atoms with E-state index in [2.05, 4.69) is 4.98 Å². The number of ether oxygens (including phenoxy) is 1. The lowest BCUT2D eigenvalue weighted by atomic mass is 9.70. The molecule has 0 N–H and O–H groups in total. The highest BCUT2D eigenvalue weighted by Crippen LogP contribution is 2.44. The zero-order valence-electron chi connectivity index (χ0n) is 15.0. The van der Waals surface area contributed by atoms with Crippen LogP contribution in [0.3, 0.4) is 0 Å². The van der Waals surface area contributed by atoms with Gasteiger partial charge < -0.3 is 4.74 Å². The maximum absolute atomic E-state index is 12.9. The average molecular weight is 375 g/mol. The fraction of sp³-hybridized carbons (Fsp3) is 0.750. The van der Waals surface area contributed by atoms with Gasteiger partial charge in [-0.3, -0.25) is 4.79 Å². The van der Waals surface area contributed by atoms with E-state index >= 15 is 0 Å². The normalized spacial score (nSPS) is 18.2. The number of carbonyl (C=O) groups excluding carboxylic acids is 1. The standard InChI is InChI=1S/C16H26N2O4S2/c1-6-13-17-11(2)14(23-13)12(3)18(4)24(20,21)10-16(8-7-9-16)15(19)22-5/h12H,6-10H2,1-5H3/t12-/m0/s1. The lowest BCUT2D eigenvalue weighted by Crippen LogP contribution is -2.47. The number of esters is 1. The van der Waals surface area contributed by atoms with Crippen molar-refractivity contribution >= 4 is 27.3 Å². The van der Waals surface area contributed by atoms with E-state index in [-0.39, 0.29) is 11.8 Å². The lowest BCUT2D eigenvalue weighted by Gasteiger charge is -2.39. The third-order valence-electron chi connectivity index (χ3n) is 4.93. The number of aryl methyl sites for hydroxylation is 2. The summed E-state index contributed by atoms with van der Waals surface area (Å²) in [6.45, 7) is 5.80. The van der Waals surface area contributed by atoms with Gasteiger partial charge in [0.25, 0.3) is 0 Å². The first-order chi connectivity index (χ1) is 11.2. The molecule has 0 radical (unpaired) electrons. The number of carbonyl (C=O) groups is 1. The molecule has 6 nitrogen and oxygen atoms in total. The molecule has 1 aromatic rings. The first-order valence-electron chi connectivity index (χ1n) is 8.17. The monoisotopic (exact) mass is 374 g/mol. The van der Waals surface area contributed by atoms with Crippen LogP contribution in [0.2, 0.25) is 0 Å². The lowest BCUT2D eigenvalue weighted by molar-refractivity contribution is -0.156. The van der Waals surface area contributed by atoms with Gasteiger partial charge in [-0.1, -0.05) is 13.3 Å². The molecule has 0 saturated heterocycles. The van der Waals surface area contributed by atoms with Gasteiger partial charge in [0.15, 0.2) is 0 Å². The van der Waals surface area contributed by atoms with E-state index in [1.165, 1.54) is 11.4 Å². The molecule has 2 rings (SSSR count). The molecule has 136 valence electrons. The van der Waals surface area contributed by atoms with Gasteiger partial charge in [0, 0.05) is 11.9 Å². The zero-order valence-corrected chi connectivity index (χ0v) is 16.6. The molecule has 0 amide bonds. The second kappa shape index (κ2) is 7.09. The van der Waals surface area contributed by atoms with Crippen LogP contribution in [0, 0.1) is 12.3 Å². The molecule has 1 aromatic heterocycles. The number of sulfonamides is 1. The van der Waals surface area contributed by atoms with E-state index < -0.39 is 21.4 Å². The fourth-order valence-corrected chi connectivity index (χ4v) is 6.15. The summed E-state index contributed by atoms with van der Waals surface area (Å²) in [5.41, 5.74) is -0.00321. The maximum Gasteiger partial charge on any atom is 0.312 e. The summed E-state index contributed by atoms with van der Waals surface area (Å²) in [5, 5.41) is 1.00. The van der Waals surface area contributed by atoms with Crippen molar-refractivity contribution in [3.8, 4) is 0 Å². The van der Waals surface area contributed by atoms with Gasteiger partial charge in [0.2, 0.25) is 10.0 Å². The minimum absolute atomic E-state index is 0.188. The van der Waals surface area contributed by atoms with Crippen LogP contribution in [0.25, 0.3) is 0 Å². The summed E-state index contributed by atoms with van der Waals surface area (Å²) in [6.07, 6.45) is 2.83. The molecule has 1 fully saturated rings. The van der Waals surface area contributed by atoms with Crippen LogP contribution in [-0.4, -0.2) is 43.6 Å². The maximum atomic E-state index is 12.9. The molecule has 8 heteroatoms. The van der Waals surface area contributed by atoms with Gasteiger partial charge in [0.05, 0.1) is 35.0 Å². The molecule has 24 heavy (non-hydrogen) atoms. The van der Waals surface area contributed by atoms with Gasteiger partial charge in [-0.25, -0.2) is 13.4 Å². The zero-order chi connectivity index (χ0) is 18.1. The Balaban J connectivity index is 2.21. The van der Waals surface area contributed by atoms with E-state index in [0.29, 0.717) is 12.8 Å². The van der Waals surface area contributed by atoms with Gasteiger partial charge in [-0.05, 0) is 33.1 Å². The minimum Gasteiger partial charge on any atom is -0.469 e. The van der Waals surface area contributed by atoms with Crippen molar-refractivity contribution in [1.29, 1.82) is 0 Å². The van der Waals surface area contributed by atoms with E-state index in [1.54, 1.807) is 18.4 Å². The molecule has 1 aliphatic carbocycles. The smallest absolute Gasteiger partial charge is 0.312 e. The van der Waals surface area contributed by atoms with Crippen LogP contribution >= 0.6 is 11.3 Å². The molecule has 0 bridgehead atoms. The van der Waals surface area contributed by atoms with E-state index in [0.717, 1.165) is 28.4 Å². The Morgan fingerprint density at radius 3 is 2.50 bits per heavy atom. The highest BCUT2D eigenvalue weighted by atomic mass is 32.2. The Labute approximate surface area is 148 Å². The number of hydrogen-bond acceptors (Lipinski definition) is 6. The van der Waals surface area contributed by atoms with Crippen molar-refractivity contribution in [2.75, 3.05) is 19.9 Å². The average Bonchev–Trinajstić information content (AvgIpc) is 2.89. The molecule has 1 atom stereocenters. The number of hydrogen-bond donors (Lipinski definition) is 0. The molecule has 1 aliphatic rings. The topological polar surface area (TPSA) is 76.6 Å².